The molecule has 1 atom stereocenters. The van der Waals surface area contributed by atoms with Crippen LogP contribution in [0.15, 0.2) is 43.0 Å². The Hall–Kier alpha value is -2.88. The zero-order valence-electron chi connectivity index (χ0n) is 16.3. The van der Waals surface area contributed by atoms with E-state index in [1.807, 2.05) is 24.4 Å². The molecular formula is C19H25N7O2. The van der Waals surface area contributed by atoms with Crippen molar-refractivity contribution in [3.63, 3.8) is 0 Å². The van der Waals surface area contributed by atoms with Gasteiger partial charge in [0.1, 0.15) is 5.82 Å². The van der Waals surface area contributed by atoms with E-state index >= 15 is 0 Å². The monoisotopic (exact) mass is 383 g/mol. The Bertz CT molecular complexity index is 885. The molecule has 3 heterocycles. The van der Waals surface area contributed by atoms with Gasteiger partial charge in [-0.1, -0.05) is 6.92 Å². The summed E-state index contributed by atoms with van der Waals surface area (Å²) < 4.78 is 1.68. The molecule has 0 spiro atoms. The van der Waals surface area contributed by atoms with Gasteiger partial charge in [-0.2, -0.15) is 10.2 Å². The number of hydroxylamine groups is 2. The molecule has 0 radical (unpaired) electrons. The van der Waals surface area contributed by atoms with Gasteiger partial charge in [-0.15, -0.1) is 0 Å². The number of hydrogen-bond donors (Lipinski definition) is 2. The SMILES string of the molecule is CCc1cc(Nc2cnn(CC(O)CN(C)OC)c2)nc(-c2ccncc2)n1. The largest absolute Gasteiger partial charge is 0.390 e. The molecule has 2 N–H and O–H groups in total. The summed E-state index contributed by atoms with van der Waals surface area (Å²) in [6.07, 6.45) is 7.18. The second kappa shape index (κ2) is 9.36. The Morgan fingerprint density at radius 1 is 1.29 bits per heavy atom. The van der Waals surface area contributed by atoms with Crippen LogP contribution in [0.5, 0.6) is 0 Å². The number of nitrogens with one attached hydrogen (secondary N) is 1. The van der Waals surface area contributed by atoms with Crippen molar-refractivity contribution in [2.45, 2.75) is 26.0 Å². The molecule has 0 amide bonds. The van der Waals surface area contributed by atoms with Crippen LogP contribution in [0.25, 0.3) is 11.4 Å². The van der Waals surface area contributed by atoms with Crippen molar-refractivity contribution in [1.82, 2.24) is 29.8 Å². The molecule has 0 saturated carbocycles. The molecule has 3 aromatic rings. The highest BCUT2D eigenvalue weighted by molar-refractivity contribution is 5.60. The maximum absolute atomic E-state index is 10.1. The summed E-state index contributed by atoms with van der Waals surface area (Å²) in [5.74, 6) is 1.34. The molecule has 0 aromatic carbocycles. The number of aliphatic hydroxyl groups excluding tert-OH is 1. The molecule has 3 rings (SSSR count). The summed E-state index contributed by atoms with van der Waals surface area (Å²) in [6, 6.07) is 5.69. The molecule has 0 saturated heterocycles. The molecule has 0 bridgehead atoms. The second-order valence-electron chi connectivity index (χ2n) is 6.38. The van der Waals surface area contributed by atoms with Crippen molar-refractivity contribution in [3.8, 4) is 11.4 Å². The zero-order valence-corrected chi connectivity index (χ0v) is 16.3. The van der Waals surface area contributed by atoms with Gasteiger partial charge in [-0.25, -0.2) is 9.97 Å². The van der Waals surface area contributed by atoms with Crippen LogP contribution in [0.4, 0.5) is 11.5 Å². The lowest BCUT2D eigenvalue weighted by atomic mass is 10.2. The van der Waals surface area contributed by atoms with Gasteiger partial charge < -0.3 is 15.3 Å². The fraction of sp³-hybridized carbons (Fsp3) is 0.368. The van der Waals surface area contributed by atoms with Crippen molar-refractivity contribution in [2.75, 3.05) is 26.0 Å². The van der Waals surface area contributed by atoms with E-state index in [1.54, 1.807) is 42.5 Å². The van der Waals surface area contributed by atoms with Gasteiger partial charge in [-0.3, -0.25) is 9.67 Å². The number of hydrogen-bond acceptors (Lipinski definition) is 8. The predicted molar refractivity (Wildman–Crippen MR) is 106 cm³/mol. The van der Waals surface area contributed by atoms with Crippen LogP contribution in [0.2, 0.25) is 0 Å². The van der Waals surface area contributed by atoms with Gasteiger partial charge in [0, 0.05) is 43.0 Å². The quantitative estimate of drug-likeness (QED) is 0.540. The normalized spacial score (nSPS) is 12.3. The number of aliphatic hydroxyl groups is 1. The van der Waals surface area contributed by atoms with E-state index < -0.39 is 6.10 Å². The number of pyridine rings is 1. The maximum Gasteiger partial charge on any atom is 0.161 e. The topological polar surface area (TPSA) is 101 Å². The molecule has 0 fully saturated rings. The van der Waals surface area contributed by atoms with Gasteiger partial charge in [-0.05, 0) is 18.6 Å². The molecule has 0 aliphatic rings. The van der Waals surface area contributed by atoms with Crippen molar-refractivity contribution in [2.24, 2.45) is 0 Å². The first-order chi connectivity index (χ1) is 13.6. The van der Waals surface area contributed by atoms with Crippen molar-refractivity contribution >= 4 is 11.5 Å². The molecule has 0 aliphatic heterocycles. The van der Waals surface area contributed by atoms with Crippen molar-refractivity contribution < 1.29 is 9.94 Å². The van der Waals surface area contributed by atoms with Crippen LogP contribution in [-0.2, 0) is 17.8 Å². The molecule has 28 heavy (non-hydrogen) atoms. The van der Waals surface area contributed by atoms with E-state index in [2.05, 4.69) is 32.3 Å². The highest BCUT2D eigenvalue weighted by Gasteiger charge is 2.11. The lowest BCUT2D eigenvalue weighted by Crippen LogP contribution is -2.31. The van der Waals surface area contributed by atoms with E-state index in [9.17, 15) is 5.11 Å². The minimum atomic E-state index is -0.596. The molecule has 9 nitrogen and oxygen atoms in total. The Morgan fingerprint density at radius 3 is 2.79 bits per heavy atom. The van der Waals surface area contributed by atoms with Crippen LogP contribution >= 0.6 is 0 Å². The molecule has 9 heteroatoms. The predicted octanol–water partition coefficient (Wildman–Crippen LogP) is 1.90. The fourth-order valence-electron chi connectivity index (χ4n) is 2.69. The average Bonchev–Trinajstić information content (AvgIpc) is 3.14. The van der Waals surface area contributed by atoms with E-state index in [4.69, 9.17) is 4.84 Å². The first-order valence-electron chi connectivity index (χ1n) is 9.08. The summed E-state index contributed by atoms with van der Waals surface area (Å²) in [5.41, 5.74) is 2.64. The molecule has 3 aromatic heterocycles. The number of aryl methyl sites for hydroxylation is 1. The lowest BCUT2D eigenvalue weighted by Gasteiger charge is -2.17. The summed E-state index contributed by atoms with van der Waals surface area (Å²) in [7, 11) is 3.33. The van der Waals surface area contributed by atoms with E-state index in [1.165, 1.54) is 0 Å². The standard InChI is InChI=1S/C19H25N7O2/c1-4-15-9-18(24-19(23-15)14-5-7-20-8-6-14)22-16-10-21-26(11-16)13-17(27)12-25(2)28-3/h5-11,17,27H,4,12-13H2,1-3H3,(H,22,23,24). The third kappa shape index (κ3) is 5.32. The molecule has 0 aliphatic carbocycles. The smallest absolute Gasteiger partial charge is 0.161 e. The van der Waals surface area contributed by atoms with Gasteiger partial charge in [0.05, 0.1) is 38.2 Å². The lowest BCUT2D eigenvalue weighted by molar-refractivity contribution is -0.129. The van der Waals surface area contributed by atoms with Crippen LogP contribution in [0.1, 0.15) is 12.6 Å². The highest BCUT2D eigenvalue weighted by Crippen LogP contribution is 2.20. The van der Waals surface area contributed by atoms with Gasteiger partial charge in [0.25, 0.3) is 0 Å². The first-order valence-corrected chi connectivity index (χ1v) is 9.08. The van der Waals surface area contributed by atoms with Crippen molar-refractivity contribution in [1.29, 1.82) is 0 Å². The minimum absolute atomic E-state index is 0.363. The Labute approximate surface area is 164 Å². The summed E-state index contributed by atoms with van der Waals surface area (Å²) in [4.78, 5) is 18.3. The van der Waals surface area contributed by atoms with Gasteiger partial charge >= 0.3 is 0 Å². The van der Waals surface area contributed by atoms with Crippen molar-refractivity contribution in [3.05, 3.63) is 48.7 Å². The number of aromatic nitrogens is 5. The van der Waals surface area contributed by atoms with Crippen LogP contribution in [0.3, 0.4) is 0 Å². The summed E-state index contributed by atoms with van der Waals surface area (Å²) in [6.45, 7) is 2.81. The Balaban J connectivity index is 1.72. The molecule has 148 valence electrons. The summed E-state index contributed by atoms with van der Waals surface area (Å²) >= 11 is 0. The zero-order chi connectivity index (χ0) is 19.9. The van der Waals surface area contributed by atoms with E-state index in [-0.39, 0.29) is 0 Å². The van der Waals surface area contributed by atoms with Gasteiger partial charge in [0.15, 0.2) is 5.82 Å². The first kappa shape index (κ1) is 19.9. The number of nitrogens with zero attached hydrogens (tertiary/aromatic N) is 6. The summed E-state index contributed by atoms with van der Waals surface area (Å²) in [5, 5.41) is 19.2. The fourth-order valence-corrected chi connectivity index (χ4v) is 2.69. The van der Waals surface area contributed by atoms with Crippen LogP contribution < -0.4 is 5.32 Å². The molecule has 1 unspecified atom stereocenters. The van der Waals surface area contributed by atoms with Crippen LogP contribution in [0, 0.1) is 0 Å². The van der Waals surface area contributed by atoms with Crippen LogP contribution in [-0.4, -0.2) is 61.7 Å². The van der Waals surface area contributed by atoms with Gasteiger partial charge in [0.2, 0.25) is 0 Å². The number of rotatable bonds is 9. The minimum Gasteiger partial charge on any atom is -0.390 e. The average molecular weight is 383 g/mol. The second-order valence-corrected chi connectivity index (χ2v) is 6.38. The number of anilines is 2. The Kier molecular flexibility index (Phi) is 6.64. The third-order valence-electron chi connectivity index (χ3n) is 4.16. The number of likely N-dealkylation sites (N-methyl/N-ethyl adjacent to an activating group) is 1. The molecular weight excluding hydrogens is 358 g/mol. The van der Waals surface area contributed by atoms with E-state index in [0.717, 1.165) is 23.4 Å². The third-order valence-corrected chi connectivity index (χ3v) is 4.16. The maximum atomic E-state index is 10.1. The highest BCUT2D eigenvalue weighted by atomic mass is 16.7. The Morgan fingerprint density at radius 2 is 2.07 bits per heavy atom. The van der Waals surface area contributed by atoms with E-state index in [0.29, 0.717) is 24.7 Å².